The molecule has 0 aliphatic heterocycles. The lowest BCUT2D eigenvalue weighted by molar-refractivity contribution is -0.116. The van der Waals surface area contributed by atoms with E-state index < -0.39 is 0 Å². The summed E-state index contributed by atoms with van der Waals surface area (Å²) in [5.41, 5.74) is 3.97. The minimum Gasteiger partial charge on any atom is -0.396 e. The van der Waals surface area contributed by atoms with Crippen LogP contribution in [0.1, 0.15) is 85.5 Å². The fourth-order valence-corrected chi connectivity index (χ4v) is 4.67. The van der Waals surface area contributed by atoms with Crippen LogP contribution in [0.4, 0.5) is 0 Å². The Kier molecular flexibility index (Phi) is 10.7. The van der Waals surface area contributed by atoms with Gasteiger partial charge in [0.15, 0.2) is 5.78 Å². The van der Waals surface area contributed by atoms with Gasteiger partial charge < -0.3 is 5.11 Å². The summed E-state index contributed by atoms with van der Waals surface area (Å²) in [7, 11) is 0. The van der Waals surface area contributed by atoms with Crippen molar-refractivity contribution < 1.29 is 9.90 Å². The summed E-state index contributed by atoms with van der Waals surface area (Å²) >= 11 is 0. The highest BCUT2D eigenvalue weighted by atomic mass is 16.3. The van der Waals surface area contributed by atoms with Crippen LogP contribution in [-0.2, 0) is 4.79 Å². The number of Topliss-reactive ketones (excluding diaryl/α,β-unsaturated/α-hetero) is 1. The third-order valence-electron chi connectivity index (χ3n) is 7.16. The second-order valence-electron chi connectivity index (χ2n) is 9.72. The summed E-state index contributed by atoms with van der Waals surface area (Å²) in [6.45, 7) is 12.8. The molecule has 1 atom stereocenters. The minimum absolute atomic E-state index is 0.0137. The number of nitrogens with zero attached hydrogens (tertiary/aromatic N) is 1. The Hall–Kier alpha value is -1.74. The van der Waals surface area contributed by atoms with Gasteiger partial charge in [0, 0.05) is 30.5 Å². The van der Waals surface area contributed by atoms with E-state index in [0.717, 1.165) is 53.5 Å². The standard InChI is InChI=1S/C28H43NO2/c1-6-22-11-13-23(14-12-22)15-21(5)29-18-26-10-8-9-25(16-24(26)7-2)28(31)17-27(19-30)20(3)4/h9-10,16,18,20,22-23,27,30H,5-8,11-15,17,19H2,1-4H3/t22?,23?,27-/m1/s1. The zero-order valence-electron chi connectivity index (χ0n) is 20.2. The van der Waals surface area contributed by atoms with Crippen LogP contribution in [0.2, 0.25) is 0 Å². The molecule has 0 amide bonds. The SMILES string of the molecule is C=C(CC1CCC(CC)CC1)N=CC1=CCC=C(C(=O)C[C@H](CO)C(C)C)C=C1CC. The average molecular weight is 426 g/mol. The van der Waals surface area contributed by atoms with Gasteiger partial charge in [-0.15, -0.1) is 0 Å². The van der Waals surface area contributed by atoms with Gasteiger partial charge in [0.1, 0.15) is 0 Å². The number of rotatable bonds is 11. The van der Waals surface area contributed by atoms with Crippen molar-refractivity contribution in [3.63, 3.8) is 0 Å². The first kappa shape index (κ1) is 25.5. The smallest absolute Gasteiger partial charge is 0.162 e. The molecule has 1 fully saturated rings. The van der Waals surface area contributed by atoms with Crippen LogP contribution < -0.4 is 0 Å². The first-order chi connectivity index (χ1) is 14.9. The molecule has 2 aliphatic carbocycles. The molecule has 0 bridgehead atoms. The van der Waals surface area contributed by atoms with Crippen molar-refractivity contribution in [2.75, 3.05) is 6.61 Å². The molecule has 0 unspecified atom stereocenters. The maximum Gasteiger partial charge on any atom is 0.162 e. The zero-order chi connectivity index (χ0) is 22.8. The van der Waals surface area contributed by atoms with Crippen LogP contribution >= 0.6 is 0 Å². The molecular formula is C28H43NO2. The summed E-state index contributed by atoms with van der Waals surface area (Å²) in [6.07, 6.45) is 17.7. The van der Waals surface area contributed by atoms with Crippen LogP contribution in [0.15, 0.2) is 52.2 Å². The summed E-state index contributed by atoms with van der Waals surface area (Å²) < 4.78 is 0. The Bertz CT molecular complexity index is 730. The summed E-state index contributed by atoms with van der Waals surface area (Å²) in [6, 6.07) is 0. The Labute approximate surface area is 190 Å². The van der Waals surface area contributed by atoms with Crippen molar-refractivity contribution in [3.8, 4) is 0 Å². The first-order valence-electron chi connectivity index (χ1n) is 12.3. The zero-order valence-corrected chi connectivity index (χ0v) is 20.2. The lowest BCUT2D eigenvalue weighted by Crippen LogP contribution is -2.18. The van der Waals surface area contributed by atoms with Gasteiger partial charge >= 0.3 is 0 Å². The number of aliphatic imine (C=N–C) groups is 1. The van der Waals surface area contributed by atoms with E-state index in [0.29, 0.717) is 12.3 Å². The number of ketones is 1. The maximum atomic E-state index is 12.8. The van der Waals surface area contributed by atoms with Crippen molar-refractivity contribution in [1.29, 1.82) is 0 Å². The second-order valence-corrected chi connectivity index (χ2v) is 9.72. The molecule has 1 N–H and O–H groups in total. The normalized spacial score (nSPS) is 23.2. The minimum atomic E-state index is 0.0137. The fourth-order valence-electron chi connectivity index (χ4n) is 4.67. The van der Waals surface area contributed by atoms with Crippen molar-refractivity contribution in [3.05, 3.63) is 47.2 Å². The van der Waals surface area contributed by atoms with Gasteiger partial charge in [-0.3, -0.25) is 9.79 Å². The molecule has 1 saturated carbocycles. The van der Waals surface area contributed by atoms with E-state index in [9.17, 15) is 9.90 Å². The molecule has 0 aromatic carbocycles. The number of aliphatic hydroxyl groups excluding tert-OH is 1. The van der Waals surface area contributed by atoms with Crippen LogP contribution in [0.25, 0.3) is 0 Å². The second kappa shape index (κ2) is 13.0. The Morgan fingerprint density at radius 2 is 1.87 bits per heavy atom. The number of hydrogen-bond donors (Lipinski definition) is 1. The maximum absolute atomic E-state index is 12.8. The first-order valence-corrected chi connectivity index (χ1v) is 12.3. The Morgan fingerprint density at radius 1 is 1.19 bits per heavy atom. The highest BCUT2D eigenvalue weighted by Crippen LogP contribution is 2.34. The molecule has 3 heteroatoms. The largest absolute Gasteiger partial charge is 0.396 e. The highest BCUT2D eigenvalue weighted by molar-refractivity contribution is 5.99. The number of carbonyl (C=O) groups excluding carboxylic acids is 1. The fraction of sp³-hybridized carbons (Fsp3) is 0.643. The molecule has 2 rings (SSSR count). The van der Waals surface area contributed by atoms with Crippen LogP contribution in [0, 0.1) is 23.7 Å². The monoisotopic (exact) mass is 425 g/mol. The van der Waals surface area contributed by atoms with Crippen molar-refractivity contribution in [1.82, 2.24) is 0 Å². The summed E-state index contributed by atoms with van der Waals surface area (Å²) in [5, 5.41) is 9.58. The molecule has 31 heavy (non-hydrogen) atoms. The predicted octanol–water partition coefficient (Wildman–Crippen LogP) is 6.99. The van der Waals surface area contributed by atoms with Crippen molar-refractivity contribution in [2.45, 2.75) is 85.5 Å². The number of aliphatic hydroxyl groups is 1. The van der Waals surface area contributed by atoms with E-state index in [1.165, 1.54) is 32.1 Å². The van der Waals surface area contributed by atoms with E-state index >= 15 is 0 Å². The van der Waals surface area contributed by atoms with E-state index in [4.69, 9.17) is 4.99 Å². The molecule has 172 valence electrons. The quantitative estimate of drug-likeness (QED) is 0.362. The molecule has 0 aromatic heterocycles. The van der Waals surface area contributed by atoms with Crippen LogP contribution in [0.3, 0.4) is 0 Å². The van der Waals surface area contributed by atoms with Crippen LogP contribution in [0.5, 0.6) is 0 Å². The Balaban J connectivity index is 1.98. The summed E-state index contributed by atoms with van der Waals surface area (Å²) in [5.74, 6) is 2.07. The highest BCUT2D eigenvalue weighted by Gasteiger charge is 2.21. The average Bonchev–Trinajstić information content (AvgIpc) is 2.98. The molecule has 0 spiro atoms. The van der Waals surface area contributed by atoms with Gasteiger partial charge in [0.05, 0.1) is 0 Å². The van der Waals surface area contributed by atoms with Crippen LogP contribution in [-0.4, -0.2) is 23.7 Å². The van der Waals surface area contributed by atoms with Gasteiger partial charge in [0.25, 0.3) is 0 Å². The van der Waals surface area contributed by atoms with Gasteiger partial charge in [-0.25, -0.2) is 0 Å². The van der Waals surface area contributed by atoms with Gasteiger partial charge in [-0.05, 0) is 73.0 Å². The number of allylic oxidation sites excluding steroid dienone is 7. The lowest BCUT2D eigenvalue weighted by Gasteiger charge is -2.27. The summed E-state index contributed by atoms with van der Waals surface area (Å²) in [4.78, 5) is 17.5. The van der Waals surface area contributed by atoms with E-state index in [2.05, 4.69) is 40.3 Å². The predicted molar refractivity (Wildman–Crippen MR) is 132 cm³/mol. The molecule has 3 nitrogen and oxygen atoms in total. The van der Waals surface area contributed by atoms with Gasteiger partial charge in [0.2, 0.25) is 0 Å². The van der Waals surface area contributed by atoms with E-state index in [1.807, 2.05) is 18.4 Å². The third kappa shape index (κ3) is 8.03. The van der Waals surface area contributed by atoms with Gasteiger partial charge in [-0.2, -0.15) is 0 Å². The molecule has 0 heterocycles. The Morgan fingerprint density at radius 3 is 2.45 bits per heavy atom. The topological polar surface area (TPSA) is 49.7 Å². The van der Waals surface area contributed by atoms with Gasteiger partial charge in [-0.1, -0.05) is 65.7 Å². The molecule has 0 aromatic rings. The van der Waals surface area contributed by atoms with Crippen molar-refractivity contribution in [2.24, 2.45) is 28.7 Å². The van der Waals surface area contributed by atoms with E-state index in [1.54, 1.807) is 0 Å². The molecule has 0 saturated heterocycles. The number of hydrogen-bond acceptors (Lipinski definition) is 3. The number of carbonyl (C=O) groups is 1. The lowest BCUT2D eigenvalue weighted by atomic mass is 9.79. The molecule has 2 aliphatic rings. The van der Waals surface area contributed by atoms with Crippen molar-refractivity contribution >= 4 is 12.0 Å². The van der Waals surface area contributed by atoms with E-state index in [-0.39, 0.29) is 18.3 Å². The third-order valence-corrected chi connectivity index (χ3v) is 7.16. The molecule has 0 radical (unpaired) electrons. The molecular weight excluding hydrogens is 382 g/mol.